The van der Waals surface area contributed by atoms with Gasteiger partial charge in [-0.3, -0.25) is 9.59 Å². The van der Waals surface area contributed by atoms with Crippen molar-refractivity contribution in [1.29, 1.82) is 0 Å². The van der Waals surface area contributed by atoms with Crippen LogP contribution in [-0.2, 0) is 19.1 Å². The molecule has 6 nitrogen and oxygen atoms in total. The molecule has 2 heterocycles. The van der Waals surface area contributed by atoms with Gasteiger partial charge in [0.2, 0.25) is 0 Å². The lowest BCUT2D eigenvalue weighted by molar-refractivity contribution is -0.138. The molecule has 3 aliphatic rings. The van der Waals surface area contributed by atoms with E-state index in [1.54, 1.807) is 7.11 Å². The number of hydrogen-bond donors (Lipinski definition) is 0. The Bertz CT molecular complexity index is 890. The highest BCUT2D eigenvalue weighted by Crippen LogP contribution is 2.47. The van der Waals surface area contributed by atoms with Gasteiger partial charge in [0, 0.05) is 20.1 Å². The molecule has 1 amide bonds. The summed E-state index contributed by atoms with van der Waals surface area (Å²) in [4.78, 5) is 31.2. The first-order chi connectivity index (χ1) is 15.3. The van der Waals surface area contributed by atoms with Gasteiger partial charge in [0.1, 0.15) is 6.10 Å². The van der Waals surface area contributed by atoms with Crippen LogP contribution >= 0.6 is 0 Å². The molecule has 0 aromatic heterocycles. The van der Waals surface area contributed by atoms with Crippen molar-refractivity contribution < 1.29 is 19.1 Å². The maximum atomic E-state index is 13.7. The molecule has 174 valence electrons. The van der Waals surface area contributed by atoms with E-state index >= 15 is 0 Å². The maximum Gasteiger partial charge on any atom is 0.290 e. The van der Waals surface area contributed by atoms with Crippen LogP contribution in [0, 0.1) is 5.92 Å². The number of carbonyl (C=O) groups excluding carboxylic acids is 2. The second kappa shape index (κ2) is 9.36. The summed E-state index contributed by atoms with van der Waals surface area (Å²) in [5.74, 6) is 0.453. The van der Waals surface area contributed by atoms with E-state index in [2.05, 4.69) is 43.0 Å². The summed E-state index contributed by atoms with van der Waals surface area (Å²) < 4.78 is 11.8. The number of fused-ring (bicyclic) bond motifs is 1. The Balaban J connectivity index is 1.68. The molecule has 32 heavy (non-hydrogen) atoms. The first-order valence-corrected chi connectivity index (χ1v) is 11.8. The molecule has 0 N–H and O–H groups in total. The fraction of sp³-hybridized carbons (Fsp3) is 0.615. The summed E-state index contributed by atoms with van der Waals surface area (Å²) in [6.45, 7) is 5.80. The van der Waals surface area contributed by atoms with E-state index < -0.39 is 0 Å². The first-order valence-electron chi connectivity index (χ1n) is 11.8. The van der Waals surface area contributed by atoms with Crippen molar-refractivity contribution in [3.63, 3.8) is 0 Å². The molecule has 4 unspecified atom stereocenters. The Morgan fingerprint density at radius 2 is 1.88 bits per heavy atom. The highest BCUT2D eigenvalue weighted by Gasteiger charge is 2.52. The molecule has 4 rings (SSSR count). The van der Waals surface area contributed by atoms with Crippen LogP contribution < -0.4 is 0 Å². The number of hydrogen-bond acceptors (Lipinski definition) is 5. The topological polar surface area (TPSA) is 59.1 Å². The Labute approximate surface area is 191 Å². The Morgan fingerprint density at radius 1 is 1.16 bits per heavy atom. The lowest BCUT2D eigenvalue weighted by Crippen LogP contribution is -2.43. The Hall–Kier alpha value is -2.18. The Kier molecular flexibility index (Phi) is 6.72. The summed E-state index contributed by atoms with van der Waals surface area (Å²) in [7, 11) is 5.76. The Morgan fingerprint density at radius 3 is 2.50 bits per heavy atom. The number of ketones is 1. The van der Waals surface area contributed by atoms with Crippen LogP contribution in [0.2, 0.25) is 0 Å². The van der Waals surface area contributed by atoms with Crippen LogP contribution in [0.1, 0.15) is 62.6 Å². The van der Waals surface area contributed by atoms with Gasteiger partial charge in [-0.15, -0.1) is 0 Å². The van der Waals surface area contributed by atoms with Gasteiger partial charge in [-0.2, -0.15) is 0 Å². The number of rotatable bonds is 7. The first kappa shape index (κ1) is 23.0. The second-order valence-electron chi connectivity index (χ2n) is 9.92. The lowest BCUT2D eigenvalue weighted by atomic mass is 9.76. The summed E-state index contributed by atoms with van der Waals surface area (Å²) in [5, 5.41) is 0. The zero-order chi connectivity index (χ0) is 23.0. The van der Waals surface area contributed by atoms with Crippen molar-refractivity contribution in [2.45, 2.75) is 63.7 Å². The minimum atomic E-state index is -0.366. The third kappa shape index (κ3) is 4.23. The minimum absolute atomic E-state index is 0.0817. The molecular weight excluding hydrogens is 404 g/mol. The normalized spacial score (nSPS) is 27.8. The highest BCUT2D eigenvalue weighted by molar-refractivity contribution is 6.11. The number of nitrogens with zero attached hydrogens (tertiary/aromatic N) is 2. The van der Waals surface area contributed by atoms with Gasteiger partial charge in [-0.05, 0) is 56.9 Å². The van der Waals surface area contributed by atoms with Crippen molar-refractivity contribution in [2.24, 2.45) is 5.92 Å². The monoisotopic (exact) mass is 440 g/mol. The van der Waals surface area contributed by atoms with Gasteiger partial charge in [0.15, 0.2) is 11.5 Å². The van der Waals surface area contributed by atoms with E-state index in [0.717, 1.165) is 31.4 Å². The smallest absolute Gasteiger partial charge is 0.290 e. The molecule has 0 radical (unpaired) electrons. The highest BCUT2D eigenvalue weighted by atomic mass is 16.5. The number of benzene rings is 1. The van der Waals surface area contributed by atoms with Crippen molar-refractivity contribution in [3.8, 4) is 0 Å². The minimum Gasteiger partial charge on any atom is -0.483 e. The van der Waals surface area contributed by atoms with Crippen LogP contribution in [0.3, 0.4) is 0 Å². The lowest BCUT2D eigenvalue weighted by Gasteiger charge is -2.38. The standard InChI is InChI=1S/C26H36N2O4/c1-16(2)17-7-9-18(10-8-17)23-22-24(29)20-12-11-19(31-5)15-21(20)32-25(22)26(30)28(23)14-6-13-27(3)4/h7-10,16,19-21,23H,6,11-15H2,1-5H3. The number of amides is 1. The van der Waals surface area contributed by atoms with Crippen molar-refractivity contribution >= 4 is 11.7 Å². The van der Waals surface area contributed by atoms with Crippen LogP contribution in [-0.4, -0.2) is 68.0 Å². The fourth-order valence-corrected chi connectivity index (χ4v) is 5.29. The molecule has 1 aliphatic carbocycles. The van der Waals surface area contributed by atoms with Gasteiger partial charge < -0.3 is 19.3 Å². The van der Waals surface area contributed by atoms with E-state index in [9.17, 15) is 9.59 Å². The number of carbonyl (C=O) groups is 2. The largest absolute Gasteiger partial charge is 0.483 e. The molecular formula is C26H36N2O4. The van der Waals surface area contributed by atoms with E-state index in [1.807, 2.05) is 19.0 Å². The van der Waals surface area contributed by atoms with Gasteiger partial charge in [0.25, 0.3) is 5.91 Å². The van der Waals surface area contributed by atoms with E-state index in [1.165, 1.54) is 5.56 Å². The molecule has 0 spiro atoms. The van der Waals surface area contributed by atoms with Crippen LogP contribution in [0.4, 0.5) is 0 Å². The van der Waals surface area contributed by atoms with Crippen molar-refractivity contribution in [1.82, 2.24) is 9.80 Å². The van der Waals surface area contributed by atoms with Crippen molar-refractivity contribution in [2.75, 3.05) is 34.3 Å². The molecule has 4 atom stereocenters. The molecule has 0 saturated heterocycles. The third-order valence-corrected chi connectivity index (χ3v) is 7.16. The summed E-state index contributed by atoms with van der Waals surface area (Å²) in [6, 6.07) is 8.01. The van der Waals surface area contributed by atoms with Crippen LogP contribution in [0.15, 0.2) is 35.6 Å². The second-order valence-corrected chi connectivity index (χ2v) is 9.92. The zero-order valence-electron chi connectivity index (χ0n) is 20.0. The predicted molar refractivity (Wildman–Crippen MR) is 123 cm³/mol. The maximum absolute atomic E-state index is 13.7. The van der Waals surface area contributed by atoms with Crippen LogP contribution in [0.5, 0.6) is 0 Å². The van der Waals surface area contributed by atoms with Crippen molar-refractivity contribution in [3.05, 3.63) is 46.7 Å². The average Bonchev–Trinajstić information content (AvgIpc) is 3.05. The molecule has 2 aliphatic heterocycles. The number of ether oxygens (including phenoxy) is 2. The molecule has 1 saturated carbocycles. The molecule has 6 heteroatoms. The van der Waals surface area contributed by atoms with E-state index in [4.69, 9.17) is 9.47 Å². The number of methoxy groups -OCH3 is 1. The number of Topliss-reactive ketones (excluding diaryl/α,β-unsaturated/α-hetero) is 1. The van der Waals surface area contributed by atoms with Gasteiger partial charge in [0.05, 0.1) is 23.6 Å². The summed E-state index contributed by atoms with van der Waals surface area (Å²) in [5.41, 5.74) is 2.79. The SMILES string of the molecule is COC1CCC2C(=O)C3=C(OC2C1)C(=O)N(CCCN(C)C)C3c1ccc(C(C)C)cc1. The summed E-state index contributed by atoms with van der Waals surface area (Å²) >= 11 is 0. The van der Waals surface area contributed by atoms with Crippen LogP contribution in [0.25, 0.3) is 0 Å². The average molecular weight is 441 g/mol. The fourth-order valence-electron chi connectivity index (χ4n) is 5.29. The van der Waals surface area contributed by atoms with Gasteiger partial charge in [-0.25, -0.2) is 0 Å². The summed E-state index contributed by atoms with van der Waals surface area (Å²) in [6.07, 6.45) is 2.90. The predicted octanol–water partition coefficient (Wildman–Crippen LogP) is 3.68. The molecule has 1 fully saturated rings. The zero-order valence-corrected chi connectivity index (χ0v) is 20.0. The molecule has 0 bridgehead atoms. The third-order valence-electron chi connectivity index (χ3n) is 7.16. The molecule has 1 aromatic rings. The van der Waals surface area contributed by atoms with Gasteiger partial charge in [-0.1, -0.05) is 38.1 Å². The van der Waals surface area contributed by atoms with E-state index in [-0.39, 0.29) is 41.6 Å². The van der Waals surface area contributed by atoms with Gasteiger partial charge >= 0.3 is 0 Å². The quantitative estimate of drug-likeness (QED) is 0.647. The molecule has 1 aromatic carbocycles. The van der Waals surface area contributed by atoms with E-state index in [0.29, 0.717) is 24.5 Å².